The summed E-state index contributed by atoms with van der Waals surface area (Å²) in [6, 6.07) is 0.526. The highest BCUT2D eigenvalue weighted by molar-refractivity contribution is 7.15. The fourth-order valence-electron chi connectivity index (χ4n) is 2.01. The molecule has 102 valence electrons. The molecule has 0 atom stereocenters. The molecule has 1 N–H and O–H groups in total. The number of piperazine rings is 1. The molecule has 18 heavy (non-hydrogen) atoms. The number of nitrogens with zero attached hydrogens (tertiary/aromatic N) is 3. The number of likely N-dealkylation sites (N-methyl/N-ethyl adjacent to an activating group) is 1. The van der Waals surface area contributed by atoms with Crippen LogP contribution in [0.2, 0.25) is 0 Å². The van der Waals surface area contributed by atoms with Crippen LogP contribution in [-0.4, -0.2) is 49.2 Å². The summed E-state index contributed by atoms with van der Waals surface area (Å²) in [5.74, 6) is 0. The minimum absolute atomic E-state index is 0.526. The van der Waals surface area contributed by atoms with Gasteiger partial charge in [0.25, 0.3) is 0 Å². The molecule has 2 rings (SSSR count). The van der Waals surface area contributed by atoms with Crippen LogP contribution in [0.3, 0.4) is 0 Å². The molecular formula is C13H24N4S. The van der Waals surface area contributed by atoms with E-state index in [0.29, 0.717) is 6.04 Å². The molecule has 0 aromatic carbocycles. The SMILES string of the molecule is Cc1nc(N2CCN(C)CC2)sc1CNC(C)C. The van der Waals surface area contributed by atoms with Gasteiger partial charge in [0.1, 0.15) is 0 Å². The highest BCUT2D eigenvalue weighted by atomic mass is 32.1. The van der Waals surface area contributed by atoms with Crippen LogP contribution in [0, 0.1) is 6.92 Å². The van der Waals surface area contributed by atoms with Gasteiger partial charge in [0.05, 0.1) is 5.69 Å². The maximum atomic E-state index is 4.72. The average molecular weight is 268 g/mol. The number of hydrogen-bond acceptors (Lipinski definition) is 5. The molecule has 1 aromatic rings. The first-order valence-electron chi connectivity index (χ1n) is 6.69. The lowest BCUT2D eigenvalue weighted by molar-refractivity contribution is 0.312. The second-order valence-electron chi connectivity index (χ2n) is 5.33. The Balaban J connectivity index is 1.99. The first-order valence-corrected chi connectivity index (χ1v) is 7.51. The molecule has 0 spiro atoms. The van der Waals surface area contributed by atoms with Gasteiger partial charge in [-0.2, -0.15) is 0 Å². The van der Waals surface area contributed by atoms with Crippen molar-refractivity contribution in [3.8, 4) is 0 Å². The van der Waals surface area contributed by atoms with Crippen molar-refractivity contribution in [1.29, 1.82) is 0 Å². The predicted octanol–water partition coefficient (Wildman–Crippen LogP) is 1.70. The van der Waals surface area contributed by atoms with Crippen molar-refractivity contribution >= 4 is 16.5 Å². The van der Waals surface area contributed by atoms with Gasteiger partial charge in [-0.3, -0.25) is 0 Å². The van der Waals surface area contributed by atoms with Crippen LogP contribution in [0.5, 0.6) is 0 Å². The van der Waals surface area contributed by atoms with E-state index in [0.717, 1.165) is 32.7 Å². The lowest BCUT2D eigenvalue weighted by Crippen LogP contribution is -2.44. The molecule has 4 nitrogen and oxygen atoms in total. The summed E-state index contributed by atoms with van der Waals surface area (Å²) < 4.78 is 0. The summed E-state index contributed by atoms with van der Waals surface area (Å²) in [6.07, 6.45) is 0. The summed E-state index contributed by atoms with van der Waals surface area (Å²) in [6.45, 7) is 11.9. The number of aromatic nitrogens is 1. The second kappa shape index (κ2) is 5.99. The minimum atomic E-state index is 0.526. The molecule has 0 unspecified atom stereocenters. The van der Waals surface area contributed by atoms with Crippen LogP contribution in [0.25, 0.3) is 0 Å². The number of anilines is 1. The van der Waals surface area contributed by atoms with Crippen LogP contribution in [0.4, 0.5) is 5.13 Å². The third-order valence-corrected chi connectivity index (χ3v) is 4.54. The normalized spacial score (nSPS) is 17.7. The number of hydrogen-bond donors (Lipinski definition) is 1. The largest absolute Gasteiger partial charge is 0.346 e. The summed E-state index contributed by atoms with van der Waals surface area (Å²) in [4.78, 5) is 10.9. The zero-order valence-corrected chi connectivity index (χ0v) is 12.7. The van der Waals surface area contributed by atoms with Crippen molar-refractivity contribution < 1.29 is 0 Å². The third-order valence-electron chi connectivity index (χ3n) is 3.33. The molecular weight excluding hydrogens is 244 g/mol. The van der Waals surface area contributed by atoms with Gasteiger partial charge in [-0.05, 0) is 14.0 Å². The summed E-state index contributed by atoms with van der Waals surface area (Å²) >= 11 is 1.84. The van der Waals surface area contributed by atoms with E-state index in [1.807, 2.05) is 11.3 Å². The molecule has 2 heterocycles. The molecule has 1 aromatic heterocycles. The molecule has 1 aliphatic rings. The summed E-state index contributed by atoms with van der Waals surface area (Å²) in [7, 11) is 2.18. The topological polar surface area (TPSA) is 31.4 Å². The number of aryl methyl sites for hydroxylation is 1. The Labute approximate surface area is 114 Å². The zero-order valence-electron chi connectivity index (χ0n) is 11.9. The first kappa shape index (κ1) is 13.8. The van der Waals surface area contributed by atoms with Crippen LogP contribution >= 0.6 is 11.3 Å². The summed E-state index contributed by atoms with van der Waals surface area (Å²) in [5, 5.41) is 4.67. The molecule has 1 saturated heterocycles. The van der Waals surface area contributed by atoms with Gasteiger partial charge in [-0.1, -0.05) is 13.8 Å². The Bertz CT molecular complexity index is 380. The van der Waals surface area contributed by atoms with Crippen molar-refractivity contribution in [2.45, 2.75) is 33.4 Å². The van der Waals surface area contributed by atoms with Gasteiger partial charge in [0, 0.05) is 43.6 Å². The summed E-state index contributed by atoms with van der Waals surface area (Å²) in [5.41, 5.74) is 1.18. The van der Waals surface area contributed by atoms with E-state index >= 15 is 0 Å². The van der Waals surface area contributed by atoms with E-state index < -0.39 is 0 Å². The van der Waals surface area contributed by atoms with Gasteiger partial charge in [-0.25, -0.2) is 4.98 Å². The fourth-order valence-corrected chi connectivity index (χ4v) is 3.07. The number of thiazole rings is 1. The quantitative estimate of drug-likeness (QED) is 0.901. The molecule has 0 radical (unpaired) electrons. The van der Waals surface area contributed by atoms with Crippen LogP contribution in [0.15, 0.2) is 0 Å². The van der Waals surface area contributed by atoms with E-state index in [1.54, 1.807) is 0 Å². The van der Waals surface area contributed by atoms with E-state index in [1.165, 1.54) is 15.7 Å². The fraction of sp³-hybridized carbons (Fsp3) is 0.769. The highest BCUT2D eigenvalue weighted by Crippen LogP contribution is 2.26. The van der Waals surface area contributed by atoms with Crippen LogP contribution in [0.1, 0.15) is 24.4 Å². The molecule has 0 aliphatic carbocycles. The lowest BCUT2D eigenvalue weighted by Gasteiger charge is -2.32. The van der Waals surface area contributed by atoms with Crippen LogP contribution < -0.4 is 10.2 Å². The minimum Gasteiger partial charge on any atom is -0.346 e. The van der Waals surface area contributed by atoms with Crippen LogP contribution in [-0.2, 0) is 6.54 Å². The zero-order chi connectivity index (χ0) is 13.1. The van der Waals surface area contributed by atoms with E-state index in [9.17, 15) is 0 Å². The highest BCUT2D eigenvalue weighted by Gasteiger charge is 2.18. The monoisotopic (exact) mass is 268 g/mol. The molecule has 0 amide bonds. The Morgan fingerprint density at radius 3 is 2.56 bits per heavy atom. The van der Waals surface area contributed by atoms with Gasteiger partial charge in [-0.15, -0.1) is 11.3 Å². The van der Waals surface area contributed by atoms with Crippen molar-refractivity contribution in [3.05, 3.63) is 10.6 Å². The standard InChI is InChI=1S/C13H24N4S/c1-10(2)14-9-12-11(3)15-13(18-12)17-7-5-16(4)6-8-17/h10,14H,5-9H2,1-4H3. The molecule has 1 aliphatic heterocycles. The van der Waals surface area contributed by atoms with Crippen molar-refractivity contribution in [2.75, 3.05) is 38.1 Å². The maximum absolute atomic E-state index is 4.72. The second-order valence-corrected chi connectivity index (χ2v) is 6.39. The lowest BCUT2D eigenvalue weighted by atomic mass is 10.3. The van der Waals surface area contributed by atoms with Gasteiger partial charge < -0.3 is 15.1 Å². The Kier molecular flexibility index (Phi) is 4.59. The van der Waals surface area contributed by atoms with E-state index in [2.05, 4.69) is 42.9 Å². The smallest absolute Gasteiger partial charge is 0.185 e. The molecule has 0 saturated carbocycles. The third kappa shape index (κ3) is 3.43. The molecule has 5 heteroatoms. The Morgan fingerprint density at radius 2 is 1.94 bits per heavy atom. The number of nitrogens with one attached hydrogen (secondary N) is 1. The molecule has 0 bridgehead atoms. The number of rotatable bonds is 4. The van der Waals surface area contributed by atoms with E-state index in [4.69, 9.17) is 4.98 Å². The molecule has 1 fully saturated rings. The van der Waals surface area contributed by atoms with Crippen molar-refractivity contribution in [2.24, 2.45) is 0 Å². The van der Waals surface area contributed by atoms with Gasteiger partial charge >= 0.3 is 0 Å². The maximum Gasteiger partial charge on any atom is 0.185 e. The Hall–Kier alpha value is -0.650. The first-order chi connectivity index (χ1) is 8.56. The van der Waals surface area contributed by atoms with E-state index in [-0.39, 0.29) is 0 Å². The van der Waals surface area contributed by atoms with Crippen molar-refractivity contribution in [1.82, 2.24) is 15.2 Å². The average Bonchev–Trinajstić information content (AvgIpc) is 2.69. The predicted molar refractivity (Wildman–Crippen MR) is 78.5 cm³/mol. The van der Waals surface area contributed by atoms with Gasteiger partial charge in [0.2, 0.25) is 0 Å². The van der Waals surface area contributed by atoms with Gasteiger partial charge in [0.15, 0.2) is 5.13 Å². The van der Waals surface area contributed by atoms with Crippen molar-refractivity contribution in [3.63, 3.8) is 0 Å². The Morgan fingerprint density at radius 1 is 1.28 bits per heavy atom.